The molecule has 0 aliphatic carbocycles. The summed E-state index contributed by atoms with van der Waals surface area (Å²) >= 11 is 0. The fourth-order valence-electron chi connectivity index (χ4n) is 1.05. The van der Waals surface area contributed by atoms with E-state index in [9.17, 15) is 4.79 Å². The maximum Gasteiger partial charge on any atom is 0.270 e. The van der Waals surface area contributed by atoms with Gasteiger partial charge in [0.15, 0.2) is 0 Å². The van der Waals surface area contributed by atoms with Gasteiger partial charge in [0.1, 0.15) is 11.5 Å². The summed E-state index contributed by atoms with van der Waals surface area (Å²) in [6, 6.07) is 4.95. The minimum absolute atomic E-state index is 0. The van der Waals surface area contributed by atoms with Gasteiger partial charge < -0.3 is 15.8 Å². The van der Waals surface area contributed by atoms with Crippen LogP contribution in [-0.2, 0) is 4.74 Å². The number of pyridine rings is 1. The van der Waals surface area contributed by atoms with Gasteiger partial charge in [-0.25, -0.2) is 4.98 Å². The topological polar surface area (TPSA) is 77.2 Å². The molecule has 0 radical (unpaired) electrons. The summed E-state index contributed by atoms with van der Waals surface area (Å²) in [5.74, 6) is 0.106. The van der Waals surface area contributed by atoms with Crippen molar-refractivity contribution in [1.29, 1.82) is 0 Å². The first kappa shape index (κ1) is 14.7. The monoisotopic (exact) mass is 245 g/mol. The molecule has 0 saturated carbocycles. The second-order valence-corrected chi connectivity index (χ2v) is 2.90. The van der Waals surface area contributed by atoms with Crippen molar-refractivity contribution in [3.05, 3.63) is 23.9 Å². The molecule has 0 aliphatic heterocycles. The second-order valence-electron chi connectivity index (χ2n) is 2.90. The van der Waals surface area contributed by atoms with Crippen LogP contribution < -0.4 is 11.1 Å². The smallest absolute Gasteiger partial charge is 0.270 e. The van der Waals surface area contributed by atoms with E-state index in [0.717, 1.165) is 0 Å². The Morgan fingerprint density at radius 2 is 2.31 bits per heavy atom. The Labute approximate surface area is 101 Å². The summed E-state index contributed by atoms with van der Waals surface area (Å²) in [4.78, 5) is 15.4. The summed E-state index contributed by atoms with van der Waals surface area (Å²) in [7, 11) is 0. The number of halogens is 1. The molecular weight excluding hydrogens is 230 g/mol. The molecule has 0 unspecified atom stereocenters. The molecule has 0 aliphatic rings. The normalized spacial score (nSPS) is 9.31. The number of nitrogen functional groups attached to an aromatic ring is 1. The van der Waals surface area contributed by atoms with Crippen LogP contribution in [0.3, 0.4) is 0 Å². The Bertz CT molecular complexity index is 334. The second kappa shape index (κ2) is 7.90. The zero-order valence-electron chi connectivity index (χ0n) is 9.10. The molecule has 0 atom stereocenters. The number of carbonyl (C=O) groups excluding carboxylic acids is 1. The van der Waals surface area contributed by atoms with Gasteiger partial charge in [-0.1, -0.05) is 6.07 Å². The number of amides is 1. The summed E-state index contributed by atoms with van der Waals surface area (Å²) < 4.78 is 5.08. The molecule has 1 aromatic heterocycles. The lowest BCUT2D eigenvalue weighted by atomic mass is 10.3. The molecule has 1 aromatic rings. The predicted octanol–water partition coefficient (Wildman–Crippen LogP) is 0.852. The first-order chi connectivity index (χ1) is 7.24. The fourth-order valence-corrected chi connectivity index (χ4v) is 1.05. The molecule has 0 aromatic carbocycles. The van der Waals surface area contributed by atoms with Crippen molar-refractivity contribution in [2.24, 2.45) is 0 Å². The van der Waals surface area contributed by atoms with Crippen LogP contribution in [0, 0.1) is 0 Å². The molecule has 90 valence electrons. The molecular formula is C10H16ClN3O2. The zero-order valence-corrected chi connectivity index (χ0v) is 9.92. The van der Waals surface area contributed by atoms with Crippen LogP contribution in [0.2, 0.25) is 0 Å². The van der Waals surface area contributed by atoms with E-state index in [4.69, 9.17) is 10.5 Å². The Balaban J connectivity index is 0.00000225. The van der Waals surface area contributed by atoms with Crippen LogP contribution >= 0.6 is 12.4 Å². The predicted molar refractivity (Wildman–Crippen MR) is 64.7 cm³/mol. The van der Waals surface area contributed by atoms with Crippen LogP contribution in [0.25, 0.3) is 0 Å². The third-order valence-electron chi connectivity index (χ3n) is 1.74. The van der Waals surface area contributed by atoms with E-state index in [1.165, 1.54) is 0 Å². The Hall–Kier alpha value is -1.33. The van der Waals surface area contributed by atoms with Crippen LogP contribution in [0.4, 0.5) is 5.82 Å². The number of rotatable bonds is 5. The van der Waals surface area contributed by atoms with Crippen molar-refractivity contribution in [2.45, 2.75) is 6.92 Å². The number of carbonyl (C=O) groups is 1. The molecule has 0 fully saturated rings. The molecule has 3 N–H and O–H groups in total. The van der Waals surface area contributed by atoms with Crippen molar-refractivity contribution >= 4 is 24.1 Å². The highest BCUT2D eigenvalue weighted by Gasteiger charge is 2.05. The van der Waals surface area contributed by atoms with E-state index in [-0.39, 0.29) is 18.3 Å². The van der Waals surface area contributed by atoms with E-state index in [2.05, 4.69) is 10.3 Å². The van der Waals surface area contributed by atoms with E-state index in [1.807, 2.05) is 6.92 Å². The fraction of sp³-hybridized carbons (Fsp3) is 0.400. The molecule has 0 spiro atoms. The van der Waals surface area contributed by atoms with Crippen molar-refractivity contribution in [3.63, 3.8) is 0 Å². The van der Waals surface area contributed by atoms with Crippen LogP contribution in [0.15, 0.2) is 18.2 Å². The molecule has 1 rings (SSSR count). The lowest BCUT2D eigenvalue weighted by Crippen LogP contribution is -2.28. The quantitative estimate of drug-likeness (QED) is 0.754. The Kier molecular flexibility index (Phi) is 7.24. The molecule has 6 heteroatoms. The van der Waals surface area contributed by atoms with Gasteiger partial charge >= 0.3 is 0 Å². The molecule has 1 heterocycles. The van der Waals surface area contributed by atoms with Gasteiger partial charge in [0.05, 0.1) is 6.61 Å². The van der Waals surface area contributed by atoms with Crippen molar-refractivity contribution < 1.29 is 9.53 Å². The number of ether oxygens (including phenoxy) is 1. The van der Waals surface area contributed by atoms with Gasteiger partial charge in [-0.3, -0.25) is 4.79 Å². The first-order valence-electron chi connectivity index (χ1n) is 4.82. The number of hydrogen-bond acceptors (Lipinski definition) is 4. The van der Waals surface area contributed by atoms with Crippen LogP contribution in [-0.4, -0.2) is 30.6 Å². The van der Waals surface area contributed by atoms with E-state index >= 15 is 0 Å². The number of nitrogens with two attached hydrogens (primary N) is 1. The van der Waals surface area contributed by atoms with Crippen molar-refractivity contribution in [1.82, 2.24) is 10.3 Å². The van der Waals surface area contributed by atoms with E-state index < -0.39 is 0 Å². The minimum Gasteiger partial charge on any atom is -0.384 e. The van der Waals surface area contributed by atoms with Gasteiger partial charge in [0.25, 0.3) is 5.91 Å². The lowest BCUT2D eigenvalue weighted by Gasteiger charge is -2.04. The Morgan fingerprint density at radius 3 is 2.94 bits per heavy atom. The van der Waals surface area contributed by atoms with Gasteiger partial charge in [-0.2, -0.15) is 0 Å². The van der Waals surface area contributed by atoms with E-state index in [0.29, 0.717) is 31.3 Å². The number of anilines is 1. The van der Waals surface area contributed by atoms with Crippen molar-refractivity contribution in [2.75, 3.05) is 25.5 Å². The SMILES string of the molecule is CCOCCNC(=O)c1cccc(N)n1.Cl. The first-order valence-corrected chi connectivity index (χ1v) is 4.82. The number of aromatic nitrogens is 1. The van der Waals surface area contributed by atoms with Gasteiger partial charge in [0, 0.05) is 13.2 Å². The summed E-state index contributed by atoms with van der Waals surface area (Å²) in [5, 5.41) is 2.68. The van der Waals surface area contributed by atoms with Gasteiger partial charge in [-0.05, 0) is 19.1 Å². The third-order valence-corrected chi connectivity index (χ3v) is 1.74. The van der Waals surface area contributed by atoms with Crippen LogP contribution in [0.5, 0.6) is 0 Å². The highest BCUT2D eigenvalue weighted by atomic mass is 35.5. The lowest BCUT2D eigenvalue weighted by molar-refractivity contribution is 0.0918. The number of nitrogens with zero attached hydrogens (tertiary/aromatic N) is 1. The molecule has 0 saturated heterocycles. The zero-order chi connectivity index (χ0) is 11.1. The largest absolute Gasteiger partial charge is 0.384 e. The summed E-state index contributed by atoms with van der Waals surface area (Å²) in [6.45, 7) is 3.53. The molecule has 1 amide bonds. The van der Waals surface area contributed by atoms with Crippen molar-refractivity contribution in [3.8, 4) is 0 Å². The highest BCUT2D eigenvalue weighted by molar-refractivity contribution is 5.92. The molecule has 0 bridgehead atoms. The summed E-state index contributed by atoms with van der Waals surface area (Å²) in [5.41, 5.74) is 5.78. The number of nitrogens with one attached hydrogen (secondary N) is 1. The highest BCUT2D eigenvalue weighted by Crippen LogP contribution is 1.99. The minimum atomic E-state index is -0.234. The molecule has 16 heavy (non-hydrogen) atoms. The maximum absolute atomic E-state index is 11.5. The summed E-state index contributed by atoms with van der Waals surface area (Å²) in [6.07, 6.45) is 0. The average molecular weight is 246 g/mol. The molecule has 5 nitrogen and oxygen atoms in total. The Morgan fingerprint density at radius 1 is 1.56 bits per heavy atom. The number of hydrogen-bond donors (Lipinski definition) is 2. The standard InChI is InChI=1S/C10H15N3O2.ClH/c1-2-15-7-6-12-10(14)8-4-3-5-9(11)13-8;/h3-5H,2,6-7H2,1H3,(H2,11,13)(H,12,14);1H. The average Bonchev–Trinajstić information content (AvgIpc) is 2.24. The van der Waals surface area contributed by atoms with Gasteiger partial charge in [-0.15, -0.1) is 12.4 Å². The van der Waals surface area contributed by atoms with Gasteiger partial charge in [0.2, 0.25) is 0 Å². The van der Waals surface area contributed by atoms with E-state index in [1.54, 1.807) is 18.2 Å². The van der Waals surface area contributed by atoms with Crippen LogP contribution in [0.1, 0.15) is 17.4 Å². The maximum atomic E-state index is 11.5. The third kappa shape index (κ3) is 4.95.